The highest BCUT2D eigenvalue weighted by atomic mass is 35.5. The van der Waals surface area contributed by atoms with E-state index in [2.05, 4.69) is 18.3 Å². The van der Waals surface area contributed by atoms with Crippen molar-refractivity contribution in [3.05, 3.63) is 23.2 Å². The zero-order valence-corrected chi connectivity index (χ0v) is 13.6. The predicted octanol–water partition coefficient (Wildman–Crippen LogP) is 4.50. The molecule has 0 aromatic heterocycles. The molecular formula is C17H24ClNO2. The fourth-order valence-electron chi connectivity index (χ4n) is 3.71. The Kier molecular flexibility index (Phi) is 4.32. The van der Waals surface area contributed by atoms with Gasteiger partial charge in [-0.05, 0) is 51.3 Å². The summed E-state index contributed by atoms with van der Waals surface area (Å²) < 4.78 is 11.4. The van der Waals surface area contributed by atoms with E-state index in [0.717, 1.165) is 24.5 Å². The van der Waals surface area contributed by atoms with Crippen LogP contribution in [0.4, 0.5) is 5.69 Å². The van der Waals surface area contributed by atoms with Crippen molar-refractivity contribution in [1.82, 2.24) is 0 Å². The van der Waals surface area contributed by atoms with Gasteiger partial charge in [0.1, 0.15) is 5.75 Å². The zero-order valence-electron chi connectivity index (χ0n) is 12.8. The van der Waals surface area contributed by atoms with Gasteiger partial charge in [0.25, 0.3) is 0 Å². The Labute approximate surface area is 132 Å². The maximum absolute atomic E-state index is 6.26. The minimum Gasteiger partial charge on any atom is -0.492 e. The lowest BCUT2D eigenvalue weighted by molar-refractivity contribution is -0.157. The number of halogens is 1. The van der Waals surface area contributed by atoms with Crippen LogP contribution in [0.1, 0.15) is 39.5 Å². The first kappa shape index (κ1) is 15.0. The highest BCUT2D eigenvalue weighted by molar-refractivity contribution is 6.32. The van der Waals surface area contributed by atoms with Gasteiger partial charge < -0.3 is 14.8 Å². The highest BCUT2D eigenvalue weighted by Gasteiger charge is 2.58. The van der Waals surface area contributed by atoms with E-state index >= 15 is 0 Å². The summed E-state index contributed by atoms with van der Waals surface area (Å²) in [6.07, 6.45) is 5.41. The number of hydrogen-bond donors (Lipinski definition) is 1. The molecule has 116 valence electrons. The van der Waals surface area contributed by atoms with E-state index in [1.54, 1.807) is 0 Å². The van der Waals surface area contributed by atoms with Crippen molar-refractivity contribution < 1.29 is 9.47 Å². The fraction of sp³-hybridized carbons (Fsp3) is 0.647. The van der Waals surface area contributed by atoms with Crippen LogP contribution in [0.5, 0.6) is 5.75 Å². The number of ether oxygens (including phenoxy) is 2. The van der Waals surface area contributed by atoms with Crippen LogP contribution in [0.2, 0.25) is 5.02 Å². The summed E-state index contributed by atoms with van der Waals surface area (Å²) in [7, 11) is 0. The smallest absolute Gasteiger partial charge is 0.138 e. The number of hydrogen-bond acceptors (Lipinski definition) is 3. The second kappa shape index (κ2) is 6.05. The molecule has 3 nitrogen and oxygen atoms in total. The van der Waals surface area contributed by atoms with Crippen molar-refractivity contribution in [2.75, 3.05) is 18.5 Å². The quantitative estimate of drug-likeness (QED) is 0.839. The van der Waals surface area contributed by atoms with Crippen molar-refractivity contribution in [3.8, 4) is 5.75 Å². The maximum atomic E-state index is 6.26. The van der Waals surface area contributed by atoms with Gasteiger partial charge in [-0.15, -0.1) is 0 Å². The van der Waals surface area contributed by atoms with Crippen LogP contribution in [-0.4, -0.2) is 25.4 Å². The van der Waals surface area contributed by atoms with Crippen LogP contribution in [0.15, 0.2) is 18.2 Å². The van der Waals surface area contributed by atoms with Crippen LogP contribution >= 0.6 is 11.6 Å². The average molecular weight is 310 g/mol. The SMILES string of the molecule is CCOc1ccc(NC2CC(OCC)C23CCC3)cc1Cl. The van der Waals surface area contributed by atoms with Gasteiger partial charge in [-0.2, -0.15) is 0 Å². The fourth-order valence-corrected chi connectivity index (χ4v) is 3.94. The Morgan fingerprint density at radius 1 is 1.29 bits per heavy atom. The van der Waals surface area contributed by atoms with Crippen LogP contribution in [0.3, 0.4) is 0 Å². The van der Waals surface area contributed by atoms with E-state index in [1.165, 1.54) is 19.3 Å². The molecule has 0 aliphatic heterocycles. The van der Waals surface area contributed by atoms with Crippen LogP contribution < -0.4 is 10.1 Å². The second-order valence-electron chi connectivity index (χ2n) is 6.04. The molecule has 2 unspecified atom stereocenters. The summed E-state index contributed by atoms with van der Waals surface area (Å²) in [5.74, 6) is 0.754. The van der Waals surface area contributed by atoms with E-state index in [9.17, 15) is 0 Å². The van der Waals surface area contributed by atoms with Gasteiger partial charge in [-0.25, -0.2) is 0 Å². The molecule has 1 spiro atoms. The molecule has 1 aromatic carbocycles. The average Bonchev–Trinajstić information content (AvgIpc) is 2.39. The molecule has 0 amide bonds. The van der Waals surface area contributed by atoms with E-state index in [4.69, 9.17) is 21.1 Å². The number of anilines is 1. The van der Waals surface area contributed by atoms with Gasteiger partial charge in [0.2, 0.25) is 0 Å². The van der Waals surface area contributed by atoms with Crippen molar-refractivity contribution in [1.29, 1.82) is 0 Å². The Balaban J connectivity index is 1.66. The Morgan fingerprint density at radius 3 is 2.67 bits per heavy atom. The summed E-state index contributed by atoms with van der Waals surface area (Å²) in [4.78, 5) is 0. The Bertz CT molecular complexity index is 502. The van der Waals surface area contributed by atoms with Gasteiger partial charge in [-0.1, -0.05) is 18.0 Å². The monoisotopic (exact) mass is 309 g/mol. The molecular weight excluding hydrogens is 286 g/mol. The third-order valence-electron chi connectivity index (χ3n) is 5.01. The summed E-state index contributed by atoms with van der Waals surface area (Å²) in [6, 6.07) is 6.47. The van der Waals surface area contributed by atoms with Crippen molar-refractivity contribution >= 4 is 17.3 Å². The predicted molar refractivity (Wildman–Crippen MR) is 86.3 cm³/mol. The molecule has 2 aliphatic rings. The summed E-state index contributed by atoms with van der Waals surface area (Å²) in [6.45, 7) is 5.49. The third kappa shape index (κ3) is 2.62. The molecule has 2 saturated carbocycles. The molecule has 0 bridgehead atoms. The molecule has 2 fully saturated rings. The largest absolute Gasteiger partial charge is 0.492 e. The molecule has 0 heterocycles. The number of benzene rings is 1. The lowest BCUT2D eigenvalue weighted by Crippen LogP contribution is -2.64. The molecule has 1 aromatic rings. The number of nitrogens with one attached hydrogen (secondary N) is 1. The summed E-state index contributed by atoms with van der Waals surface area (Å²) in [5, 5.41) is 4.32. The molecule has 2 atom stereocenters. The number of rotatable bonds is 6. The Hall–Kier alpha value is -0.930. The van der Waals surface area contributed by atoms with Gasteiger partial charge >= 0.3 is 0 Å². The van der Waals surface area contributed by atoms with E-state index in [1.807, 2.05) is 19.1 Å². The second-order valence-corrected chi connectivity index (χ2v) is 6.45. The van der Waals surface area contributed by atoms with Crippen LogP contribution in [-0.2, 0) is 4.74 Å². The van der Waals surface area contributed by atoms with Crippen LogP contribution in [0.25, 0.3) is 0 Å². The molecule has 0 radical (unpaired) electrons. The molecule has 2 aliphatic carbocycles. The topological polar surface area (TPSA) is 30.5 Å². The summed E-state index contributed by atoms with van der Waals surface area (Å²) in [5.41, 5.74) is 1.44. The Morgan fingerprint density at radius 2 is 2.10 bits per heavy atom. The minimum atomic E-state index is 0.362. The molecule has 0 saturated heterocycles. The van der Waals surface area contributed by atoms with Crippen molar-refractivity contribution in [3.63, 3.8) is 0 Å². The molecule has 3 rings (SSSR count). The lowest BCUT2D eigenvalue weighted by Gasteiger charge is -2.61. The van der Waals surface area contributed by atoms with Crippen LogP contribution in [0, 0.1) is 5.41 Å². The first-order chi connectivity index (χ1) is 10.2. The first-order valence-electron chi connectivity index (χ1n) is 8.00. The van der Waals surface area contributed by atoms with Crippen molar-refractivity contribution in [2.24, 2.45) is 5.41 Å². The van der Waals surface area contributed by atoms with Crippen molar-refractivity contribution in [2.45, 2.75) is 51.7 Å². The van der Waals surface area contributed by atoms with E-state index in [-0.39, 0.29) is 0 Å². The molecule has 21 heavy (non-hydrogen) atoms. The van der Waals surface area contributed by atoms with E-state index < -0.39 is 0 Å². The third-order valence-corrected chi connectivity index (χ3v) is 5.31. The van der Waals surface area contributed by atoms with Gasteiger partial charge in [0, 0.05) is 23.8 Å². The first-order valence-corrected chi connectivity index (χ1v) is 8.38. The minimum absolute atomic E-state index is 0.362. The standard InChI is InChI=1S/C17H24ClNO2/c1-3-20-14-7-6-12(10-13(14)18)19-15-11-16(21-4-2)17(15)8-5-9-17/h6-7,10,15-16,19H,3-5,8-9,11H2,1-2H3. The maximum Gasteiger partial charge on any atom is 0.138 e. The zero-order chi connectivity index (χ0) is 14.9. The van der Waals surface area contributed by atoms with E-state index in [0.29, 0.717) is 29.2 Å². The van der Waals surface area contributed by atoms with Gasteiger partial charge in [-0.3, -0.25) is 0 Å². The normalized spacial score (nSPS) is 26.0. The lowest BCUT2D eigenvalue weighted by atomic mass is 9.51. The summed E-state index contributed by atoms with van der Waals surface area (Å²) >= 11 is 6.26. The highest BCUT2D eigenvalue weighted by Crippen LogP contribution is 2.58. The van der Waals surface area contributed by atoms with Gasteiger partial charge in [0.15, 0.2) is 0 Å². The molecule has 4 heteroatoms. The molecule has 1 N–H and O–H groups in total. The van der Waals surface area contributed by atoms with Gasteiger partial charge in [0.05, 0.1) is 17.7 Å².